The fourth-order valence-electron chi connectivity index (χ4n) is 1.64. The van der Waals surface area contributed by atoms with Gasteiger partial charge in [0.1, 0.15) is 6.10 Å². The SMILES string of the molecule is NC(=O)NC1CCC(O[N+](=O)[O-])CC1. The highest BCUT2D eigenvalue weighted by atomic mass is 17.0. The highest BCUT2D eigenvalue weighted by molar-refractivity contribution is 5.71. The minimum Gasteiger partial charge on any atom is -0.352 e. The van der Waals surface area contributed by atoms with Crippen LogP contribution >= 0.6 is 0 Å². The molecule has 0 bridgehead atoms. The highest BCUT2D eigenvalue weighted by Gasteiger charge is 2.23. The Morgan fingerprint density at radius 1 is 1.43 bits per heavy atom. The van der Waals surface area contributed by atoms with E-state index in [4.69, 9.17) is 5.73 Å². The summed E-state index contributed by atoms with van der Waals surface area (Å²) in [6.07, 6.45) is 2.15. The van der Waals surface area contributed by atoms with Crippen LogP contribution in [0.1, 0.15) is 25.7 Å². The van der Waals surface area contributed by atoms with E-state index in [0.29, 0.717) is 25.7 Å². The first-order valence-corrected chi connectivity index (χ1v) is 4.45. The van der Waals surface area contributed by atoms with Crippen molar-refractivity contribution in [2.24, 2.45) is 5.73 Å². The normalized spacial score (nSPS) is 26.6. The summed E-state index contributed by atoms with van der Waals surface area (Å²) in [5.74, 6) is 0. The molecule has 0 atom stereocenters. The molecule has 0 heterocycles. The molecule has 7 nitrogen and oxygen atoms in total. The molecule has 14 heavy (non-hydrogen) atoms. The van der Waals surface area contributed by atoms with Crippen molar-refractivity contribution >= 4 is 6.03 Å². The fraction of sp³-hybridized carbons (Fsp3) is 0.857. The Bertz CT molecular complexity index is 201. The van der Waals surface area contributed by atoms with Crippen molar-refractivity contribution in [3.8, 4) is 0 Å². The van der Waals surface area contributed by atoms with E-state index >= 15 is 0 Å². The van der Waals surface area contributed by atoms with Gasteiger partial charge in [0.15, 0.2) is 0 Å². The maximum Gasteiger partial charge on any atom is 0.312 e. The lowest BCUT2D eigenvalue weighted by Crippen LogP contribution is -2.42. The van der Waals surface area contributed by atoms with Crippen molar-refractivity contribution in [1.29, 1.82) is 0 Å². The molecule has 1 aliphatic carbocycles. The van der Waals surface area contributed by atoms with Gasteiger partial charge in [-0.15, -0.1) is 10.1 Å². The van der Waals surface area contributed by atoms with Crippen LogP contribution in [-0.4, -0.2) is 23.3 Å². The van der Waals surface area contributed by atoms with E-state index in [-0.39, 0.29) is 12.1 Å². The summed E-state index contributed by atoms with van der Waals surface area (Å²) in [7, 11) is 0. The molecule has 0 aromatic rings. The Labute approximate surface area is 80.7 Å². The minimum atomic E-state index is -0.771. The number of hydrogen-bond donors (Lipinski definition) is 2. The molecular weight excluding hydrogens is 190 g/mol. The minimum absolute atomic E-state index is 0.0269. The maximum absolute atomic E-state index is 10.5. The van der Waals surface area contributed by atoms with Crippen molar-refractivity contribution in [3.05, 3.63) is 10.1 Å². The second kappa shape index (κ2) is 4.64. The van der Waals surface area contributed by atoms with Crippen LogP contribution < -0.4 is 11.1 Å². The third kappa shape index (κ3) is 3.46. The van der Waals surface area contributed by atoms with Crippen LogP contribution in [0.4, 0.5) is 4.79 Å². The third-order valence-electron chi connectivity index (χ3n) is 2.26. The van der Waals surface area contributed by atoms with E-state index in [2.05, 4.69) is 10.2 Å². The first-order valence-electron chi connectivity index (χ1n) is 4.45. The number of carbonyl (C=O) groups is 1. The van der Waals surface area contributed by atoms with Crippen molar-refractivity contribution in [3.63, 3.8) is 0 Å². The molecule has 7 heteroatoms. The van der Waals surface area contributed by atoms with Crippen molar-refractivity contribution in [1.82, 2.24) is 5.32 Å². The number of primary amides is 1. The number of nitrogens with one attached hydrogen (secondary N) is 1. The number of nitrogens with zero attached hydrogens (tertiary/aromatic N) is 1. The van der Waals surface area contributed by atoms with Crippen LogP contribution in [0.3, 0.4) is 0 Å². The quantitative estimate of drug-likeness (QED) is 0.503. The zero-order valence-electron chi connectivity index (χ0n) is 7.64. The maximum atomic E-state index is 10.5. The Hall–Kier alpha value is -1.53. The monoisotopic (exact) mass is 203 g/mol. The molecule has 0 saturated heterocycles. The van der Waals surface area contributed by atoms with Gasteiger partial charge < -0.3 is 15.9 Å². The molecule has 1 fully saturated rings. The highest BCUT2D eigenvalue weighted by Crippen LogP contribution is 2.20. The predicted molar refractivity (Wildman–Crippen MR) is 46.8 cm³/mol. The zero-order valence-corrected chi connectivity index (χ0v) is 7.64. The average molecular weight is 203 g/mol. The molecule has 0 unspecified atom stereocenters. The molecule has 1 saturated carbocycles. The Kier molecular flexibility index (Phi) is 3.49. The molecule has 2 amide bonds. The summed E-state index contributed by atoms with van der Waals surface area (Å²) in [6, 6.07) is -0.525. The van der Waals surface area contributed by atoms with Crippen LogP contribution in [0, 0.1) is 10.1 Å². The van der Waals surface area contributed by atoms with E-state index < -0.39 is 11.1 Å². The molecule has 0 aliphatic heterocycles. The molecule has 1 rings (SSSR count). The van der Waals surface area contributed by atoms with Crippen LogP contribution in [0.5, 0.6) is 0 Å². The smallest absolute Gasteiger partial charge is 0.312 e. The number of nitrogens with two attached hydrogens (primary N) is 1. The van der Waals surface area contributed by atoms with Crippen LogP contribution in [0.25, 0.3) is 0 Å². The van der Waals surface area contributed by atoms with Crippen LogP contribution in [0.2, 0.25) is 0 Å². The van der Waals surface area contributed by atoms with Gasteiger partial charge in [0.25, 0.3) is 5.09 Å². The average Bonchev–Trinajstić information content (AvgIpc) is 2.06. The standard InChI is InChI=1S/C7H13N3O4/c8-7(11)9-5-1-3-6(4-2-5)14-10(12)13/h5-6H,1-4H2,(H3,8,9,11). The molecule has 0 radical (unpaired) electrons. The summed E-state index contributed by atoms with van der Waals surface area (Å²) >= 11 is 0. The first-order chi connectivity index (χ1) is 6.58. The first kappa shape index (κ1) is 10.6. The fourth-order valence-corrected chi connectivity index (χ4v) is 1.64. The molecule has 3 N–H and O–H groups in total. The summed E-state index contributed by atoms with van der Waals surface area (Å²) in [5, 5.41) is 11.8. The second-order valence-corrected chi connectivity index (χ2v) is 3.31. The molecule has 1 aliphatic rings. The summed E-state index contributed by atoms with van der Waals surface area (Å²) in [5.41, 5.74) is 4.95. The summed E-state index contributed by atoms with van der Waals surface area (Å²) < 4.78 is 0. The van der Waals surface area contributed by atoms with Gasteiger partial charge in [-0.1, -0.05) is 0 Å². The summed E-state index contributed by atoms with van der Waals surface area (Å²) in [6.45, 7) is 0. The lowest BCUT2D eigenvalue weighted by atomic mass is 9.93. The number of rotatable bonds is 3. The molecular formula is C7H13N3O4. The van der Waals surface area contributed by atoms with E-state index in [1.807, 2.05) is 0 Å². The number of urea groups is 1. The lowest BCUT2D eigenvalue weighted by Gasteiger charge is -2.26. The van der Waals surface area contributed by atoms with Gasteiger partial charge in [-0.25, -0.2) is 4.79 Å². The van der Waals surface area contributed by atoms with Gasteiger partial charge in [0.2, 0.25) is 0 Å². The van der Waals surface area contributed by atoms with E-state index in [1.54, 1.807) is 0 Å². The predicted octanol–water partition coefficient (Wildman–Crippen LogP) is 0.174. The van der Waals surface area contributed by atoms with Gasteiger partial charge >= 0.3 is 6.03 Å². The molecule has 0 spiro atoms. The van der Waals surface area contributed by atoms with Gasteiger partial charge in [0.05, 0.1) is 0 Å². The largest absolute Gasteiger partial charge is 0.352 e. The topological polar surface area (TPSA) is 107 Å². The van der Waals surface area contributed by atoms with E-state index in [1.165, 1.54) is 0 Å². The number of carbonyl (C=O) groups excluding carboxylic acids is 1. The Morgan fingerprint density at radius 3 is 2.43 bits per heavy atom. The molecule has 80 valence electrons. The molecule has 0 aromatic carbocycles. The summed E-state index contributed by atoms with van der Waals surface area (Å²) in [4.78, 5) is 24.9. The third-order valence-corrected chi connectivity index (χ3v) is 2.26. The Balaban J connectivity index is 2.24. The number of hydrogen-bond acceptors (Lipinski definition) is 4. The van der Waals surface area contributed by atoms with Gasteiger partial charge in [-0.05, 0) is 25.7 Å². The molecule has 0 aromatic heterocycles. The van der Waals surface area contributed by atoms with Gasteiger partial charge in [0, 0.05) is 6.04 Å². The zero-order chi connectivity index (χ0) is 10.6. The second-order valence-electron chi connectivity index (χ2n) is 3.31. The van der Waals surface area contributed by atoms with E-state index in [9.17, 15) is 14.9 Å². The van der Waals surface area contributed by atoms with Gasteiger partial charge in [-0.2, -0.15) is 0 Å². The van der Waals surface area contributed by atoms with Crippen LogP contribution in [0.15, 0.2) is 0 Å². The Morgan fingerprint density at radius 2 is 2.00 bits per heavy atom. The van der Waals surface area contributed by atoms with Crippen LogP contribution in [-0.2, 0) is 4.84 Å². The lowest BCUT2D eigenvalue weighted by molar-refractivity contribution is -0.769. The van der Waals surface area contributed by atoms with Crippen molar-refractivity contribution in [2.45, 2.75) is 37.8 Å². The van der Waals surface area contributed by atoms with Crippen molar-refractivity contribution < 1.29 is 14.7 Å². The number of amides is 2. The van der Waals surface area contributed by atoms with Crippen molar-refractivity contribution in [2.75, 3.05) is 0 Å². The van der Waals surface area contributed by atoms with Gasteiger partial charge in [-0.3, -0.25) is 0 Å². The van der Waals surface area contributed by atoms with E-state index in [0.717, 1.165) is 0 Å².